The van der Waals surface area contributed by atoms with Gasteiger partial charge in [0.15, 0.2) is 0 Å². The zero-order valence-electron chi connectivity index (χ0n) is 17.3. The van der Waals surface area contributed by atoms with Gasteiger partial charge in [0.2, 0.25) is 5.91 Å². The standard InChI is InChI=1S/C27H22N2O3/c30-26(29-21-13-7-8-16-28-21)24-19-14-15-20(25(24)27(31)32)23(19)22(17-9-3-1-4-10-17)18-11-5-2-6-12-18/h1-16,19-20,24-25H,(H,31,32)(H,28,29,30)/t19-,20-,24-,25+/m0/s1. The lowest BCUT2D eigenvalue weighted by atomic mass is 9.82. The number of aliphatic carboxylic acids is 1. The van der Waals surface area contributed by atoms with Gasteiger partial charge < -0.3 is 10.4 Å². The SMILES string of the molecule is O=C(Nc1ccccn1)[C@@H]1[C@H](C(=O)O)[C@H]2C=C[C@H]1C2=C(c1ccccc1)c1ccccc1. The number of hydrogen-bond donors (Lipinski definition) is 2. The summed E-state index contributed by atoms with van der Waals surface area (Å²) in [4.78, 5) is 29.8. The van der Waals surface area contributed by atoms with Gasteiger partial charge in [0.25, 0.3) is 0 Å². The molecular formula is C27H22N2O3. The highest BCUT2D eigenvalue weighted by Gasteiger charge is 2.55. The first-order valence-electron chi connectivity index (χ1n) is 10.6. The molecule has 158 valence electrons. The molecule has 1 fully saturated rings. The number of carboxylic acid groups (broad SMARTS) is 1. The molecule has 3 aromatic rings. The van der Waals surface area contributed by atoms with Gasteiger partial charge in [-0.3, -0.25) is 9.59 Å². The lowest BCUT2D eigenvalue weighted by Crippen LogP contribution is -2.36. The number of nitrogens with zero attached hydrogens (tertiary/aromatic N) is 1. The average Bonchev–Trinajstić information content (AvgIpc) is 3.37. The Kier molecular flexibility index (Phi) is 5.15. The molecule has 0 radical (unpaired) electrons. The number of fused-ring (bicyclic) bond motifs is 2. The number of aromatic nitrogens is 1. The number of anilines is 1. The molecule has 2 N–H and O–H groups in total. The number of allylic oxidation sites excluding steroid dienone is 3. The van der Waals surface area contributed by atoms with E-state index in [-0.39, 0.29) is 17.7 Å². The van der Waals surface area contributed by atoms with Crippen LogP contribution >= 0.6 is 0 Å². The molecule has 2 aliphatic rings. The second-order valence-electron chi connectivity index (χ2n) is 8.09. The minimum absolute atomic E-state index is 0.291. The maximum absolute atomic E-state index is 13.3. The number of carboxylic acids is 1. The van der Waals surface area contributed by atoms with E-state index < -0.39 is 17.8 Å². The Morgan fingerprint density at radius 2 is 1.31 bits per heavy atom. The number of carbonyl (C=O) groups is 2. The topological polar surface area (TPSA) is 79.3 Å². The van der Waals surface area contributed by atoms with Gasteiger partial charge in [-0.05, 0) is 34.4 Å². The molecule has 0 saturated heterocycles. The fraction of sp³-hybridized carbons (Fsp3) is 0.148. The van der Waals surface area contributed by atoms with E-state index in [0.717, 1.165) is 22.3 Å². The zero-order chi connectivity index (χ0) is 22.1. The van der Waals surface area contributed by atoms with Gasteiger partial charge >= 0.3 is 5.97 Å². The summed E-state index contributed by atoms with van der Waals surface area (Å²) in [6.45, 7) is 0. The number of benzene rings is 2. The highest BCUT2D eigenvalue weighted by Crippen LogP contribution is 2.55. The van der Waals surface area contributed by atoms with Crippen molar-refractivity contribution in [1.29, 1.82) is 0 Å². The molecule has 2 aliphatic carbocycles. The molecule has 4 atom stereocenters. The normalized spacial score (nSPS) is 23.2. The zero-order valence-corrected chi connectivity index (χ0v) is 17.3. The molecule has 1 heterocycles. The third kappa shape index (κ3) is 3.42. The molecule has 2 aromatic carbocycles. The molecule has 1 saturated carbocycles. The van der Waals surface area contributed by atoms with Crippen LogP contribution in [0.15, 0.2) is 103 Å². The van der Waals surface area contributed by atoms with Gasteiger partial charge in [0.05, 0.1) is 11.8 Å². The van der Waals surface area contributed by atoms with Gasteiger partial charge in [-0.1, -0.05) is 78.9 Å². The first-order valence-corrected chi connectivity index (χ1v) is 10.6. The van der Waals surface area contributed by atoms with Crippen LogP contribution in [-0.2, 0) is 9.59 Å². The minimum atomic E-state index is -0.957. The molecule has 32 heavy (non-hydrogen) atoms. The van der Waals surface area contributed by atoms with Crippen LogP contribution in [0.5, 0.6) is 0 Å². The van der Waals surface area contributed by atoms with E-state index in [1.165, 1.54) is 0 Å². The van der Waals surface area contributed by atoms with Crippen LogP contribution in [0, 0.1) is 23.7 Å². The van der Waals surface area contributed by atoms with Crippen molar-refractivity contribution in [3.63, 3.8) is 0 Å². The molecule has 1 aromatic heterocycles. The summed E-state index contributed by atoms with van der Waals surface area (Å²) in [5.74, 6) is -3.02. The van der Waals surface area contributed by atoms with Gasteiger partial charge in [0, 0.05) is 18.0 Å². The Morgan fingerprint density at radius 1 is 0.750 bits per heavy atom. The third-order valence-electron chi connectivity index (χ3n) is 6.32. The van der Waals surface area contributed by atoms with Crippen LogP contribution in [0.4, 0.5) is 5.82 Å². The highest BCUT2D eigenvalue weighted by atomic mass is 16.4. The predicted octanol–water partition coefficient (Wildman–Crippen LogP) is 4.66. The summed E-state index contributed by atoms with van der Waals surface area (Å²) in [5, 5.41) is 12.9. The van der Waals surface area contributed by atoms with E-state index in [2.05, 4.69) is 10.3 Å². The van der Waals surface area contributed by atoms with E-state index in [4.69, 9.17) is 0 Å². The molecule has 0 spiro atoms. The van der Waals surface area contributed by atoms with Crippen molar-refractivity contribution >= 4 is 23.3 Å². The molecule has 0 unspecified atom stereocenters. The summed E-state index contributed by atoms with van der Waals surface area (Å²) in [5.41, 5.74) is 4.03. The van der Waals surface area contributed by atoms with Crippen LogP contribution in [0.3, 0.4) is 0 Å². The largest absolute Gasteiger partial charge is 0.481 e. The summed E-state index contributed by atoms with van der Waals surface area (Å²) >= 11 is 0. The van der Waals surface area contributed by atoms with Crippen molar-refractivity contribution in [3.8, 4) is 0 Å². The number of pyridine rings is 1. The Labute approximate surface area is 186 Å². The Hall–Kier alpha value is -3.99. The number of nitrogens with one attached hydrogen (secondary N) is 1. The average molecular weight is 422 g/mol. The van der Waals surface area contributed by atoms with Crippen LogP contribution in [0.1, 0.15) is 11.1 Å². The maximum Gasteiger partial charge on any atom is 0.308 e. The van der Waals surface area contributed by atoms with Gasteiger partial charge in [-0.2, -0.15) is 0 Å². The highest BCUT2D eigenvalue weighted by molar-refractivity contribution is 5.98. The van der Waals surface area contributed by atoms with Crippen LogP contribution in [0.25, 0.3) is 5.57 Å². The first kappa shape index (κ1) is 19.9. The maximum atomic E-state index is 13.3. The molecular weight excluding hydrogens is 400 g/mol. The number of rotatable bonds is 5. The quantitative estimate of drug-likeness (QED) is 0.587. The Balaban J connectivity index is 1.64. The van der Waals surface area contributed by atoms with Gasteiger partial charge in [-0.15, -0.1) is 0 Å². The molecule has 0 aliphatic heterocycles. The molecule has 5 rings (SSSR count). The summed E-state index contributed by atoms with van der Waals surface area (Å²) in [6.07, 6.45) is 5.54. The first-order chi connectivity index (χ1) is 15.6. The number of hydrogen-bond acceptors (Lipinski definition) is 3. The van der Waals surface area contributed by atoms with Gasteiger partial charge in [0.1, 0.15) is 5.82 Å². The van der Waals surface area contributed by atoms with Crippen molar-refractivity contribution in [2.24, 2.45) is 23.7 Å². The monoisotopic (exact) mass is 422 g/mol. The second-order valence-corrected chi connectivity index (χ2v) is 8.09. The van der Waals surface area contributed by atoms with Crippen molar-refractivity contribution < 1.29 is 14.7 Å². The van der Waals surface area contributed by atoms with Crippen LogP contribution in [-0.4, -0.2) is 22.0 Å². The Bertz CT molecular complexity index is 1160. The van der Waals surface area contributed by atoms with E-state index in [1.54, 1.807) is 24.4 Å². The van der Waals surface area contributed by atoms with E-state index in [9.17, 15) is 14.7 Å². The van der Waals surface area contributed by atoms with Crippen LogP contribution < -0.4 is 5.32 Å². The minimum Gasteiger partial charge on any atom is -0.481 e. The van der Waals surface area contributed by atoms with Crippen molar-refractivity contribution in [2.45, 2.75) is 0 Å². The second kappa shape index (κ2) is 8.27. The smallest absolute Gasteiger partial charge is 0.308 e. The number of amides is 1. The fourth-order valence-corrected chi connectivity index (χ4v) is 5.06. The molecule has 1 amide bonds. The lowest BCUT2D eigenvalue weighted by molar-refractivity contribution is -0.146. The van der Waals surface area contributed by atoms with Crippen molar-refractivity contribution in [2.75, 3.05) is 5.32 Å². The van der Waals surface area contributed by atoms with E-state index in [1.807, 2.05) is 72.8 Å². The van der Waals surface area contributed by atoms with Crippen molar-refractivity contribution in [3.05, 3.63) is 114 Å². The number of carbonyl (C=O) groups excluding carboxylic acids is 1. The predicted molar refractivity (Wildman–Crippen MR) is 123 cm³/mol. The third-order valence-corrected chi connectivity index (χ3v) is 6.32. The molecule has 5 nitrogen and oxygen atoms in total. The summed E-state index contributed by atoms with van der Waals surface area (Å²) in [6, 6.07) is 25.2. The Morgan fingerprint density at radius 3 is 1.84 bits per heavy atom. The van der Waals surface area contributed by atoms with Gasteiger partial charge in [-0.25, -0.2) is 4.98 Å². The van der Waals surface area contributed by atoms with Crippen molar-refractivity contribution in [1.82, 2.24) is 4.98 Å². The summed E-state index contributed by atoms with van der Waals surface area (Å²) < 4.78 is 0. The van der Waals surface area contributed by atoms with Crippen LogP contribution in [0.2, 0.25) is 0 Å². The summed E-state index contributed by atoms with van der Waals surface area (Å²) in [7, 11) is 0. The molecule has 5 heteroatoms. The fourth-order valence-electron chi connectivity index (χ4n) is 5.06. The van der Waals surface area contributed by atoms with E-state index in [0.29, 0.717) is 5.82 Å². The molecule has 2 bridgehead atoms. The lowest BCUT2D eigenvalue weighted by Gasteiger charge is -2.23. The van der Waals surface area contributed by atoms with E-state index >= 15 is 0 Å².